The maximum Gasteiger partial charge on any atom is 0.321 e. The van der Waals surface area contributed by atoms with E-state index in [1.165, 1.54) is 0 Å². The number of allylic oxidation sites excluding steroid dienone is 1. The zero-order valence-corrected chi connectivity index (χ0v) is 9.10. The van der Waals surface area contributed by atoms with Crippen LogP contribution in [0.25, 0.3) is 0 Å². The minimum absolute atomic E-state index is 0.460. The minimum Gasteiger partial charge on any atom is -0.480 e. The zero-order chi connectivity index (χ0) is 11.8. The lowest BCUT2D eigenvalue weighted by Crippen LogP contribution is -2.41. The molecule has 0 aromatic rings. The first-order valence-electron chi connectivity index (χ1n) is 5.27. The summed E-state index contributed by atoms with van der Waals surface area (Å²) in [5.74, 6) is -0.833. The second-order valence-electron chi connectivity index (χ2n) is 4.42. The molecule has 86 valence electrons. The second-order valence-corrected chi connectivity index (χ2v) is 4.42. The molecule has 2 aliphatic rings. The molecule has 0 aromatic heterocycles. The SMILES string of the molecule is CC1(O)C=CC2=C(C=C1)CC(C(=O)O)NC2. The van der Waals surface area contributed by atoms with Gasteiger partial charge in [-0.1, -0.05) is 12.2 Å². The molecule has 0 saturated heterocycles. The number of rotatable bonds is 1. The molecule has 1 heterocycles. The normalized spacial score (nSPS) is 33.5. The van der Waals surface area contributed by atoms with E-state index in [1.54, 1.807) is 19.1 Å². The summed E-state index contributed by atoms with van der Waals surface area (Å²) in [7, 11) is 0. The fraction of sp³-hybridized carbons (Fsp3) is 0.417. The van der Waals surface area contributed by atoms with Gasteiger partial charge in [-0.3, -0.25) is 4.79 Å². The van der Waals surface area contributed by atoms with E-state index in [0.717, 1.165) is 11.1 Å². The van der Waals surface area contributed by atoms with Gasteiger partial charge in [0, 0.05) is 6.54 Å². The first kappa shape index (κ1) is 11.1. The van der Waals surface area contributed by atoms with Crippen LogP contribution in [0.3, 0.4) is 0 Å². The van der Waals surface area contributed by atoms with E-state index >= 15 is 0 Å². The summed E-state index contributed by atoms with van der Waals surface area (Å²) in [6.07, 6.45) is 7.55. The Labute approximate surface area is 94.0 Å². The first-order chi connectivity index (χ1) is 7.48. The van der Waals surface area contributed by atoms with Crippen molar-refractivity contribution in [3.05, 3.63) is 35.5 Å². The number of hydrogen-bond donors (Lipinski definition) is 3. The number of carboxylic acid groups (broad SMARTS) is 1. The Balaban J connectivity index is 2.25. The van der Waals surface area contributed by atoms with Gasteiger partial charge in [-0.25, -0.2) is 0 Å². The largest absolute Gasteiger partial charge is 0.480 e. The number of nitrogens with one attached hydrogen (secondary N) is 1. The van der Waals surface area contributed by atoms with E-state index in [2.05, 4.69) is 5.32 Å². The van der Waals surface area contributed by atoms with Crippen molar-refractivity contribution >= 4 is 5.97 Å². The molecule has 4 heteroatoms. The predicted octanol–water partition coefficient (Wildman–Crippen LogP) is 0.606. The van der Waals surface area contributed by atoms with E-state index in [-0.39, 0.29) is 0 Å². The van der Waals surface area contributed by atoms with Crippen LogP contribution in [0.4, 0.5) is 0 Å². The van der Waals surface area contributed by atoms with Gasteiger partial charge in [0.1, 0.15) is 6.04 Å². The maximum absolute atomic E-state index is 10.9. The fourth-order valence-corrected chi connectivity index (χ4v) is 1.88. The standard InChI is InChI=1S/C12H15NO3/c1-12(16)4-2-8-6-10(11(14)15)13-7-9(8)3-5-12/h2-5,10,13,16H,6-7H2,1H3,(H,14,15). The third-order valence-corrected chi connectivity index (χ3v) is 2.92. The zero-order valence-electron chi connectivity index (χ0n) is 9.10. The van der Waals surface area contributed by atoms with Crippen LogP contribution in [-0.4, -0.2) is 34.4 Å². The fourth-order valence-electron chi connectivity index (χ4n) is 1.88. The van der Waals surface area contributed by atoms with Crippen LogP contribution in [-0.2, 0) is 4.79 Å². The van der Waals surface area contributed by atoms with E-state index in [9.17, 15) is 9.90 Å². The Morgan fingerprint density at radius 3 is 2.69 bits per heavy atom. The van der Waals surface area contributed by atoms with Gasteiger partial charge in [-0.2, -0.15) is 0 Å². The Morgan fingerprint density at radius 2 is 2.06 bits per heavy atom. The molecular formula is C12H15NO3. The summed E-state index contributed by atoms with van der Waals surface area (Å²) in [5, 5.41) is 21.7. The molecule has 2 unspecified atom stereocenters. The highest BCUT2D eigenvalue weighted by molar-refractivity contribution is 5.74. The second kappa shape index (κ2) is 3.88. The van der Waals surface area contributed by atoms with Crippen LogP contribution >= 0.6 is 0 Å². The number of aliphatic hydroxyl groups is 1. The summed E-state index contributed by atoms with van der Waals surface area (Å²) >= 11 is 0. The molecule has 0 spiro atoms. The van der Waals surface area contributed by atoms with Crippen molar-refractivity contribution in [2.75, 3.05) is 6.54 Å². The van der Waals surface area contributed by atoms with E-state index in [4.69, 9.17) is 5.11 Å². The maximum atomic E-state index is 10.9. The molecule has 0 radical (unpaired) electrons. The van der Waals surface area contributed by atoms with Crippen molar-refractivity contribution in [2.45, 2.75) is 25.0 Å². The average molecular weight is 221 g/mol. The van der Waals surface area contributed by atoms with E-state index in [1.807, 2.05) is 12.2 Å². The van der Waals surface area contributed by atoms with Gasteiger partial charge in [-0.15, -0.1) is 0 Å². The lowest BCUT2D eigenvalue weighted by molar-refractivity contribution is -0.139. The molecule has 0 aromatic carbocycles. The molecule has 0 saturated carbocycles. The molecule has 16 heavy (non-hydrogen) atoms. The number of aliphatic carboxylic acids is 1. The van der Waals surface area contributed by atoms with Gasteiger partial charge in [0.05, 0.1) is 5.60 Å². The Bertz CT molecular complexity index is 404. The van der Waals surface area contributed by atoms with Crippen molar-refractivity contribution in [1.29, 1.82) is 0 Å². The monoisotopic (exact) mass is 221 g/mol. The highest BCUT2D eigenvalue weighted by Gasteiger charge is 2.25. The van der Waals surface area contributed by atoms with Gasteiger partial charge in [0.25, 0.3) is 0 Å². The van der Waals surface area contributed by atoms with Gasteiger partial charge < -0.3 is 15.5 Å². The van der Waals surface area contributed by atoms with Gasteiger partial charge in [0.15, 0.2) is 0 Å². The summed E-state index contributed by atoms with van der Waals surface area (Å²) in [6, 6.07) is -0.528. The van der Waals surface area contributed by atoms with Crippen LogP contribution < -0.4 is 5.32 Å². The van der Waals surface area contributed by atoms with Crippen LogP contribution in [0, 0.1) is 0 Å². The number of carbonyl (C=O) groups is 1. The molecule has 1 aliphatic carbocycles. The summed E-state index contributed by atoms with van der Waals surface area (Å²) in [6.45, 7) is 2.23. The van der Waals surface area contributed by atoms with Gasteiger partial charge >= 0.3 is 5.97 Å². The van der Waals surface area contributed by atoms with Crippen molar-refractivity contribution in [1.82, 2.24) is 5.32 Å². The molecule has 0 fully saturated rings. The Hall–Kier alpha value is -1.39. The summed E-state index contributed by atoms with van der Waals surface area (Å²) in [5.41, 5.74) is 1.09. The third kappa shape index (κ3) is 2.23. The molecule has 0 bridgehead atoms. The van der Waals surface area contributed by atoms with Crippen molar-refractivity contribution in [3.8, 4) is 0 Å². The topological polar surface area (TPSA) is 69.6 Å². The van der Waals surface area contributed by atoms with Crippen LogP contribution in [0.5, 0.6) is 0 Å². The molecule has 0 amide bonds. The van der Waals surface area contributed by atoms with Crippen LogP contribution in [0.1, 0.15) is 13.3 Å². The molecule has 2 rings (SSSR count). The highest BCUT2D eigenvalue weighted by Crippen LogP contribution is 2.24. The van der Waals surface area contributed by atoms with Gasteiger partial charge in [0.2, 0.25) is 0 Å². The summed E-state index contributed by atoms with van der Waals surface area (Å²) in [4.78, 5) is 10.9. The number of hydrogen-bond acceptors (Lipinski definition) is 3. The van der Waals surface area contributed by atoms with Crippen molar-refractivity contribution in [2.24, 2.45) is 0 Å². The highest BCUT2D eigenvalue weighted by atomic mass is 16.4. The minimum atomic E-state index is -0.948. The Kier molecular flexibility index (Phi) is 2.69. The third-order valence-electron chi connectivity index (χ3n) is 2.92. The molecule has 3 N–H and O–H groups in total. The number of carboxylic acids is 1. The average Bonchev–Trinajstić information content (AvgIpc) is 2.38. The van der Waals surface area contributed by atoms with Crippen LogP contribution in [0.2, 0.25) is 0 Å². The molecule has 1 aliphatic heterocycles. The lowest BCUT2D eigenvalue weighted by atomic mass is 9.96. The van der Waals surface area contributed by atoms with E-state index in [0.29, 0.717) is 13.0 Å². The van der Waals surface area contributed by atoms with Crippen molar-refractivity contribution in [3.63, 3.8) is 0 Å². The molecule has 2 atom stereocenters. The quantitative estimate of drug-likeness (QED) is 0.606. The molecular weight excluding hydrogens is 206 g/mol. The van der Waals surface area contributed by atoms with Crippen LogP contribution in [0.15, 0.2) is 35.5 Å². The smallest absolute Gasteiger partial charge is 0.321 e. The predicted molar refractivity (Wildman–Crippen MR) is 60.0 cm³/mol. The van der Waals surface area contributed by atoms with Gasteiger partial charge in [-0.05, 0) is 36.6 Å². The molecule has 4 nitrogen and oxygen atoms in total. The lowest BCUT2D eigenvalue weighted by Gasteiger charge is -2.22. The first-order valence-corrected chi connectivity index (χ1v) is 5.27. The van der Waals surface area contributed by atoms with E-state index < -0.39 is 17.6 Å². The van der Waals surface area contributed by atoms with Crippen molar-refractivity contribution < 1.29 is 15.0 Å². The summed E-state index contributed by atoms with van der Waals surface area (Å²) < 4.78 is 0. The Morgan fingerprint density at radius 1 is 1.44 bits per heavy atom.